The lowest BCUT2D eigenvalue weighted by Gasteiger charge is -2.07. The smallest absolute Gasteiger partial charge is 0.234 e. The molecule has 0 atom stereocenters. The Kier molecular flexibility index (Phi) is 6.96. The molecule has 0 radical (unpaired) electrons. The number of rotatable bonds is 6. The van der Waals surface area contributed by atoms with Crippen LogP contribution in [0.2, 0.25) is 10.0 Å². The van der Waals surface area contributed by atoms with Crippen molar-refractivity contribution < 1.29 is 4.79 Å². The van der Waals surface area contributed by atoms with Gasteiger partial charge < -0.3 is 5.32 Å². The van der Waals surface area contributed by atoms with E-state index < -0.39 is 0 Å². The summed E-state index contributed by atoms with van der Waals surface area (Å²) in [5.41, 5.74) is 1.79. The molecule has 0 spiro atoms. The topological polar surface area (TPSA) is 29.1 Å². The zero-order chi connectivity index (χ0) is 15.9. The minimum absolute atomic E-state index is 0.0741. The van der Waals surface area contributed by atoms with E-state index in [0.29, 0.717) is 21.5 Å². The molecule has 0 aliphatic carbocycles. The quantitative estimate of drug-likeness (QED) is 0.671. The van der Waals surface area contributed by atoms with Crippen LogP contribution in [-0.2, 0) is 10.5 Å². The number of amides is 1. The molecule has 116 valence electrons. The number of hydrogen-bond donors (Lipinski definition) is 1. The molecule has 1 amide bonds. The molecule has 2 aromatic rings. The van der Waals surface area contributed by atoms with Crippen LogP contribution in [0.25, 0.3) is 0 Å². The molecule has 0 aliphatic heterocycles. The Bertz CT molecular complexity index is 647. The number of hydrogen-bond acceptors (Lipinski definition) is 3. The van der Waals surface area contributed by atoms with E-state index >= 15 is 0 Å². The first-order chi connectivity index (χ1) is 10.6. The lowest BCUT2D eigenvalue weighted by atomic mass is 10.2. The molecular weight excluding hydrogens is 357 g/mol. The van der Waals surface area contributed by atoms with Crippen molar-refractivity contribution in [3.05, 3.63) is 58.1 Å². The molecule has 2 nitrogen and oxygen atoms in total. The lowest BCUT2D eigenvalue weighted by molar-refractivity contribution is -0.113. The SMILES string of the molecule is CSc1ccc(CSCC(=O)Nc2ccc(Cl)cc2Cl)cc1. The van der Waals surface area contributed by atoms with Crippen molar-refractivity contribution in [2.45, 2.75) is 10.6 Å². The van der Waals surface area contributed by atoms with Gasteiger partial charge in [0.05, 0.1) is 16.5 Å². The summed E-state index contributed by atoms with van der Waals surface area (Å²) in [6.45, 7) is 0. The molecule has 0 unspecified atom stereocenters. The maximum atomic E-state index is 11.9. The second-order valence-electron chi connectivity index (χ2n) is 4.51. The molecule has 0 saturated carbocycles. The molecule has 0 aromatic heterocycles. The highest BCUT2D eigenvalue weighted by atomic mass is 35.5. The molecule has 0 saturated heterocycles. The second kappa shape index (κ2) is 8.73. The zero-order valence-electron chi connectivity index (χ0n) is 11.9. The molecule has 1 N–H and O–H groups in total. The van der Waals surface area contributed by atoms with E-state index in [1.165, 1.54) is 10.5 Å². The average molecular weight is 372 g/mol. The number of carbonyl (C=O) groups is 1. The largest absolute Gasteiger partial charge is 0.324 e. The summed E-state index contributed by atoms with van der Waals surface area (Å²) in [6.07, 6.45) is 2.05. The third-order valence-corrected chi connectivity index (χ3v) is 5.16. The highest BCUT2D eigenvalue weighted by molar-refractivity contribution is 7.99. The van der Waals surface area contributed by atoms with Crippen LogP contribution >= 0.6 is 46.7 Å². The number of benzene rings is 2. The number of carbonyl (C=O) groups excluding carboxylic acids is 1. The van der Waals surface area contributed by atoms with Crippen LogP contribution in [0, 0.1) is 0 Å². The standard InChI is InChI=1S/C16H15Cl2NOS2/c1-21-13-5-2-11(3-6-13)9-22-10-16(20)19-15-7-4-12(17)8-14(15)18/h2-8H,9-10H2,1H3,(H,19,20). The Morgan fingerprint density at radius 1 is 1.14 bits per heavy atom. The Hall–Kier alpha value is -0.810. The second-order valence-corrected chi connectivity index (χ2v) is 7.22. The van der Waals surface area contributed by atoms with Crippen LogP contribution in [-0.4, -0.2) is 17.9 Å². The van der Waals surface area contributed by atoms with Crippen LogP contribution in [0.3, 0.4) is 0 Å². The van der Waals surface area contributed by atoms with E-state index in [9.17, 15) is 4.79 Å². The maximum absolute atomic E-state index is 11.9. The molecule has 0 bridgehead atoms. The summed E-state index contributed by atoms with van der Waals surface area (Å²) < 4.78 is 0. The normalized spacial score (nSPS) is 10.5. The number of nitrogens with one attached hydrogen (secondary N) is 1. The van der Waals surface area contributed by atoms with E-state index in [4.69, 9.17) is 23.2 Å². The van der Waals surface area contributed by atoms with E-state index in [0.717, 1.165) is 5.75 Å². The van der Waals surface area contributed by atoms with Crippen molar-refractivity contribution in [3.63, 3.8) is 0 Å². The van der Waals surface area contributed by atoms with Crippen molar-refractivity contribution >= 4 is 58.3 Å². The van der Waals surface area contributed by atoms with Crippen molar-refractivity contribution in [1.29, 1.82) is 0 Å². The van der Waals surface area contributed by atoms with E-state index in [2.05, 4.69) is 35.8 Å². The molecule has 6 heteroatoms. The van der Waals surface area contributed by atoms with Gasteiger partial charge in [0.25, 0.3) is 0 Å². The van der Waals surface area contributed by atoms with Gasteiger partial charge in [0.2, 0.25) is 5.91 Å². The van der Waals surface area contributed by atoms with Crippen LogP contribution in [0.5, 0.6) is 0 Å². The van der Waals surface area contributed by atoms with Gasteiger partial charge in [-0.15, -0.1) is 23.5 Å². The van der Waals surface area contributed by atoms with Gasteiger partial charge in [-0.2, -0.15) is 0 Å². The van der Waals surface area contributed by atoms with Crippen LogP contribution in [0.1, 0.15) is 5.56 Å². The summed E-state index contributed by atoms with van der Waals surface area (Å²) in [6, 6.07) is 13.4. The van der Waals surface area contributed by atoms with Crippen molar-refractivity contribution in [2.75, 3.05) is 17.3 Å². The average Bonchev–Trinajstić information content (AvgIpc) is 2.51. The van der Waals surface area contributed by atoms with Gasteiger partial charge in [0.1, 0.15) is 0 Å². The van der Waals surface area contributed by atoms with Gasteiger partial charge in [-0.3, -0.25) is 4.79 Å². The van der Waals surface area contributed by atoms with Gasteiger partial charge in [0.15, 0.2) is 0 Å². The third kappa shape index (κ3) is 5.43. The van der Waals surface area contributed by atoms with Gasteiger partial charge in [-0.25, -0.2) is 0 Å². The summed E-state index contributed by atoms with van der Waals surface area (Å²) in [4.78, 5) is 13.2. The predicted octanol–water partition coefficient (Wildman–Crippen LogP) is 5.59. The van der Waals surface area contributed by atoms with Gasteiger partial charge in [-0.1, -0.05) is 35.3 Å². The fraction of sp³-hybridized carbons (Fsp3) is 0.188. The lowest BCUT2D eigenvalue weighted by Crippen LogP contribution is -2.14. The molecule has 2 aromatic carbocycles. The highest BCUT2D eigenvalue weighted by Gasteiger charge is 2.06. The summed E-state index contributed by atoms with van der Waals surface area (Å²) in [5, 5.41) is 3.78. The van der Waals surface area contributed by atoms with Crippen LogP contribution < -0.4 is 5.32 Å². The monoisotopic (exact) mass is 371 g/mol. The molecule has 2 rings (SSSR count). The first-order valence-electron chi connectivity index (χ1n) is 6.54. The minimum Gasteiger partial charge on any atom is -0.324 e. The molecule has 22 heavy (non-hydrogen) atoms. The Morgan fingerprint density at radius 3 is 2.50 bits per heavy atom. The molecular formula is C16H15Cl2NOS2. The summed E-state index contributed by atoms with van der Waals surface area (Å²) in [5.74, 6) is 1.11. The molecule has 0 fully saturated rings. The number of anilines is 1. The predicted molar refractivity (Wildman–Crippen MR) is 99.5 cm³/mol. The Balaban J connectivity index is 1.79. The summed E-state index contributed by atoms with van der Waals surface area (Å²) >= 11 is 15.1. The van der Waals surface area contributed by atoms with Crippen molar-refractivity contribution in [1.82, 2.24) is 0 Å². The first kappa shape index (κ1) is 17.5. The fourth-order valence-corrected chi connectivity index (χ4v) is 3.41. The fourth-order valence-electron chi connectivity index (χ4n) is 1.76. The Morgan fingerprint density at radius 2 is 1.86 bits per heavy atom. The van der Waals surface area contributed by atoms with Crippen LogP contribution in [0.4, 0.5) is 5.69 Å². The van der Waals surface area contributed by atoms with E-state index in [-0.39, 0.29) is 5.91 Å². The first-order valence-corrected chi connectivity index (χ1v) is 9.67. The van der Waals surface area contributed by atoms with E-state index in [1.807, 2.05) is 0 Å². The number of thioether (sulfide) groups is 2. The summed E-state index contributed by atoms with van der Waals surface area (Å²) in [7, 11) is 0. The van der Waals surface area contributed by atoms with Crippen molar-refractivity contribution in [3.8, 4) is 0 Å². The minimum atomic E-state index is -0.0741. The van der Waals surface area contributed by atoms with E-state index in [1.54, 1.807) is 41.7 Å². The van der Waals surface area contributed by atoms with Gasteiger partial charge >= 0.3 is 0 Å². The zero-order valence-corrected chi connectivity index (χ0v) is 15.1. The van der Waals surface area contributed by atoms with Crippen LogP contribution in [0.15, 0.2) is 47.4 Å². The number of halogens is 2. The third-order valence-electron chi connectivity index (χ3n) is 2.87. The van der Waals surface area contributed by atoms with Gasteiger partial charge in [-0.05, 0) is 42.2 Å². The Labute approximate surface area is 149 Å². The molecule has 0 heterocycles. The van der Waals surface area contributed by atoms with Crippen molar-refractivity contribution in [2.24, 2.45) is 0 Å². The molecule has 0 aliphatic rings. The maximum Gasteiger partial charge on any atom is 0.234 e. The highest BCUT2D eigenvalue weighted by Crippen LogP contribution is 2.25. The van der Waals surface area contributed by atoms with Gasteiger partial charge in [0, 0.05) is 15.7 Å².